The lowest BCUT2D eigenvalue weighted by molar-refractivity contribution is -0.142. The first-order valence-corrected chi connectivity index (χ1v) is 7.09. The number of hydrogen-bond donors (Lipinski definition) is 2. The first-order chi connectivity index (χ1) is 9.56. The minimum atomic E-state index is -0.0680. The second kappa shape index (κ2) is 6.69. The Labute approximate surface area is 118 Å². The zero-order chi connectivity index (χ0) is 14.5. The average molecular weight is 282 g/mol. The van der Waals surface area contributed by atoms with Gasteiger partial charge in [0, 0.05) is 39.1 Å². The number of carbonyl (C=O) groups is 3. The van der Waals surface area contributed by atoms with Gasteiger partial charge in [-0.05, 0) is 12.8 Å². The molecule has 2 aliphatic heterocycles. The Bertz CT molecular complexity index is 399. The molecule has 0 aromatic rings. The van der Waals surface area contributed by atoms with E-state index in [1.807, 2.05) is 0 Å². The predicted molar refractivity (Wildman–Crippen MR) is 72.9 cm³/mol. The SMILES string of the molecule is CC(=O)N[C@H]1CCCN(C(=O)CN2CCNCC2=O)C1. The zero-order valence-electron chi connectivity index (χ0n) is 11.9. The lowest BCUT2D eigenvalue weighted by atomic mass is 10.1. The summed E-state index contributed by atoms with van der Waals surface area (Å²) in [5, 5.41) is 5.84. The number of amides is 3. The molecule has 2 rings (SSSR count). The molecule has 112 valence electrons. The molecule has 0 unspecified atom stereocenters. The number of likely N-dealkylation sites (tertiary alicyclic amines) is 1. The normalized spacial score (nSPS) is 23.6. The van der Waals surface area contributed by atoms with Crippen LogP contribution in [0.4, 0.5) is 0 Å². The summed E-state index contributed by atoms with van der Waals surface area (Å²) in [5.41, 5.74) is 0. The largest absolute Gasteiger partial charge is 0.352 e. The van der Waals surface area contributed by atoms with Gasteiger partial charge < -0.3 is 20.4 Å². The van der Waals surface area contributed by atoms with Crippen molar-refractivity contribution in [1.82, 2.24) is 20.4 Å². The summed E-state index contributed by atoms with van der Waals surface area (Å²) in [7, 11) is 0. The number of hydrogen-bond acceptors (Lipinski definition) is 4. The van der Waals surface area contributed by atoms with Crippen LogP contribution in [0.2, 0.25) is 0 Å². The Kier molecular flexibility index (Phi) is 4.94. The Balaban J connectivity index is 1.85. The number of nitrogens with one attached hydrogen (secondary N) is 2. The van der Waals surface area contributed by atoms with Gasteiger partial charge in [-0.3, -0.25) is 14.4 Å². The van der Waals surface area contributed by atoms with Crippen LogP contribution in [0.1, 0.15) is 19.8 Å². The number of nitrogens with zero attached hydrogens (tertiary/aromatic N) is 2. The van der Waals surface area contributed by atoms with Crippen LogP contribution in [0.3, 0.4) is 0 Å². The van der Waals surface area contributed by atoms with Gasteiger partial charge in [-0.25, -0.2) is 0 Å². The highest BCUT2D eigenvalue weighted by molar-refractivity contribution is 5.86. The summed E-state index contributed by atoms with van der Waals surface area (Å²) in [6.45, 7) is 4.49. The average Bonchev–Trinajstić information content (AvgIpc) is 2.41. The fourth-order valence-corrected chi connectivity index (χ4v) is 2.69. The third-order valence-electron chi connectivity index (χ3n) is 3.70. The van der Waals surface area contributed by atoms with Crippen LogP contribution in [0.5, 0.6) is 0 Å². The van der Waals surface area contributed by atoms with Gasteiger partial charge in [0.05, 0.1) is 13.1 Å². The van der Waals surface area contributed by atoms with Gasteiger partial charge in [0.2, 0.25) is 17.7 Å². The highest BCUT2D eigenvalue weighted by Crippen LogP contribution is 2.11. The molecule has 2 heterocycles. The van der Waals surface area contributed by atoms with E-state index in [2.05, 4.69) is 10.6 Å². The van der Waals surface area contributed by atoms with Crippen molar-refractivity contribution in [3.05, 3.63) is 0 Å². The Morgan fingerprint density at radius 2 is 2.20 bits per heavy atom. The second-order valence-electron chi connectivity index (χ2n) is 5.37. The highest BCUT2D eigenvalue weighted by atomic mass is 16.2. The molecule has 0 radical (unpaired) electrons. The molecule has 2 N–H and O–H groups in total. The molecule has 2 saturated heterocycles. The van der Waals surface area contributed by atoms with E-state index in [9.17, 15) is 14.4 Å². The van der Waals surface area contributed by atoms with Crippen molar-refractivity contribution in [3.8, 4) is 0 Å². The smallest absolute Gasteiger partial charge is 0.242 e. The fourth-order valence-electron chi connectivity index (χ4n) is 2.69. The van der Waals surface area contributed by atoms with Gasteiger partial charge in [0.15, 0.2) is 0 Å². The molecule has 3 amide bonds. The van der Waals surface area contributed by atoms with E-state index in [1.165, 1.54) is 6.92 Å². The Morgan fingerprint density at radius 3 is 2.90 bits per heavy atom. The molecule has 0 spiro atoms. The van der Waals surface area contributed by atoms with Crippen LogP contribution < -0.4 is 10.6 Å². The van der Waals surface area contributed by atoms with Crippen molar-refractivity contribution in [2.75, 3.05) is 39.3 Å². The van der Waals surface area contributed by atoms with E-state index < -0.39 is 0 Å². The topological polar surface area (TPSA) is 81.8 Å². The van der Waals surface area contributed by atoms with E-state index in [4.69, 9.17) is 0 Å². The maximum absolute atomic E-state index is 12.2. The Hall–Kier alpha value is -1.63. The number of piperidine rings is 1. The van der Waals surface area contributed by atoms with Crippen LogP contribution in [0, 0.1) is 0 Å². The van der Waals surface area contributed by atoms with Crippen molar-refractivity contribution < 1.29 is 14.4 Å². The number of piperazine rings is 1. The third kappa shape index (κ3) is 3.93. The highest BCUT2D eigenvalue weighted by Gasteiger charge is 2.27. The molecular formula is C13H22N4O3. The first-order valence-electron chi connectivity index (χ1n) is 7.09. The summed E-state index contributed by atoms with van der Waals surface area (Å²) >= 11 is 0. The predicted octanol–water partition coefficient (Wildman–Crippen LogP) is -1.45. The van der Waals surface area contributed by atoms with E-state index in [0.717, 1.165) is 19.4 Å². The molecule has 0 aromatic heterocycles. The van der Waals surface area contributed by atoms with Crippen LogP contribution in [-0.4, -0.2) is 72.8 Å². The summed E-state index contributed by atoms with van der Waals surface area (Å²) in [4.78, 5) is 38.3. The van der Waals surface area contributed by atoms with Crippen LogP contribution in [0.15, 0.2) is 0 Å². The van der Waals surface area contributed by atoms with E-state index in [0.29, 0.717) is 26.2 Å². The van der Waals surface area contributed by atoms with E-state index >= 15 is 0 Å². The van der Waals surface area contributed by atoms with Crippen molar-refractivity contribution in [2.24, 2.45) is 0 Å². The summed E-state index contributed by atoms with van der Waals surface area (Å²) in [5.74, 6) is -0.128. The second-order valence-corrected chi connectivity index (χ2v) is 5.37. The van der Waals surface area contributed by atoms with Crippen LogP contribution in [-0.2, 0) is 14.4 Å². The van der Waals surface area contributed by atoms with Gasteiger partial charge in [0.1, 0.15) is 0 Å². The number of carbonyl (C=O) groups excluding carboxylic acids is 3. The fraction of sp³-hybridized carbons (Fsp3) is 0.769. The van der Waals surface area contributed by atoms with Gasteiger partial charge in [-0.15, -0.1) is 0 Å². The quantitative estimate of drug-likeness (QED) is 0.663. The Morgan fingerprint density at radius 1 is 1.40 bits per heavy atom. The van der Waals surface area contributed by atoms with Gasteiger partial charge in [-0.2, -0.15) is 0 Å². The van der Waals surface area contributed by atoms with Crippen molar-refractivity contribution in [3.63, 3.8) is 0 Å². The van der Waals surface area contributed by atoms with Crippen molar-refractivity contribution in [2.45, 2.75) is 25.8 Å². The minimum Gasteiger partial charge on any atom is -0.352 e. The molecule has 7 heteroatoms. The molecule has 1 atom stereocenters. The van der Waals surface area contributed by atoms with Crippen molar-refractivity contribution >= 4 is 17.7 Å². The molecular weight excluding hydrogens is 260 g/mol. The van der Waals surface area contributed by atoms with Gasteiger partial charge in [-0.1, -0.05) is 0 Å². The summed E-state index contributed by atoms with van der Waals surface area (Å²) < 4.78 is 0. The molecule has 0 bridgehead atoms. The maximum atomic E-state index is 12.2. The standard InChI is InChI=1S/C13H22N4O3/c1-10(18)15-11-3-2-5-16(8-11)13(20)9-17-6-4-14-7-12(17)19/h11,14H,2-9H2,1H3,(H,15,18)/t11-/m0/s1. The summed E-state index contributed by atoms with van der Waals surface area (Å²) in [6.07, 6.45) is 1.78. The molecule has 2 aliphatic rings. The third-order valence-corrected chi connectivity index (χ3v) is 3.70. The van der Waals surface area contributed by atoms with Crippen LogP contribution in [0.25, 0.3) is 0 Å². The van der Waals surface area contributed by atoms with E-state index in [1.54, 1.807) is 9.80 Å². The maximum Gasteiger partial charge on any atom is 0.242 e. The molecule has 0 saturated carbocycles. The first kappa shape index (κ1) is 14.8. The van der Waals surface area contributed by atoms with Crippen molar-refractivity contribution in [1.29, 1.82) is 0 Å². The molecule has 0 aromatic carbocycles. The van der Waals surface area contributed by atoms with Crippen LogP contribution >= 0.6 is 0 Å². The minimum absolute atomic E-state index is 0.0278. The van der Waals surface area contributed by atoms with Gasteiger partial charge in [0.25, 0.3) is 0 Å². The molecule has 0 aliphatic carbocycles. The molecule has 7 nitrogen and oxygen atoms in total. The van der Waals surface area contributed by atoms with Gasteiger partial charge >= 0.3 is 0 Å². The lowest BCUT2D eigenvalue weighted by Crippen LogP contribution is -2.54. The molecule has 20 heavy (non-hydrogen) atoms. The molecule has 2 fully saturated rings. The summed E-state index contributed by atoms with van der Waals surface area (Å²) in [6, 6.07) is 0.0314. The lowest BCUT2D eigenvalue weighted by Gasteiger charge is -2.35. The van der Waals surface area contributed by atoms with E-state index in [-0.39, 0.29) is 30.3 Å². The monoisotopic (exact) mass is 282 g/mol. The zero-order valence-corrected chi connectivity index (χ0v) is 11.9. The number of rotatable bonds is 3.